The molecule has 0 bridgehead atoms. The highest BCUT2D eigenvalue weighted by molar-refractivity contribution is 4.75. The fourth-order valence-electron chi connectivity index (χ4n) is 1.14. The zero-order chi connectivity index (χ0) is 5.98. The van der Waals surface area contributed by atoms with Crippen LogP contribution in [-0.4, -0.2) is 12.1 Å². The van der Waals surface area contributed by atoms with Crippen LogP contribution in [0.5, 0.6) is 0 Å². The van der Waals surface area contributed by atoms with Crippen LogP contribution in [0.15, 0.2) is 0 Å². The quantitative estimate of drug-likeness (QED) is 0.492. The van der Waals surface area contributed by atoms with E-state index in [1.807, 2.05) is 0 Å². The Labute approximate surface area is 53.2 Å². The van der Waals surface area contributed by atoms with Gasteiger partial charge in [0.15, 0.2) is 0 Å². The molecule has 8 heavy (non-hydrogen) atoms. The maximum atomic E-state index is 5.64. The Morgan fingerprint density at radius 2 is 1.12 bits per heavy atom. The minimum Gasteiger partial charge on any atom is -0.328 e. The average Bonchev–Trinajstić information content (AvgIpc) is 1.77. The van der Waals surface area contributed by atoms with E-state index in [0.29, 0.717) is 12.1 Å². The summed E-state index contributed by atoms with van der Waals surface area (Å²) in [7, 11) is 0. The van der Waals surface area contributed by atoms with E-state index in [1.54, 1.807) is 0 Å². The van der Waals surface area contributed by atoms with Gasteiger partial charge in [-0.15, -0.1) is 0 Å². The van der Waals surface area contributed by atoms with Crippen molar-refractivity contribution in [3.8, 4) is 0 Å². The summed E-state index contributed by atoms with van der Waals surface area (Å²) in [5.41, 5.74) is 11.3. The van der Waals surface area contributed by atoms with Gasteiger partial charge in [-0.25, -0.2) is 0 Å². The van der Waals surface area contributed by atoms with Crippen LogP contribution in [0.4, 0.5) is 0 Å². The molecule has 4 N–H and O–H groups in total. The van der Waals surface area contributed by atoms with Crippen LogP contribution in [-0.2, 0) is 0 Å². The summed E-state index contributed by atoms with van der Waals surface area (Å²) in [5, 5.41) is 0. The summed E-state index contributed by atoms with van der Waals surface area (Å²) in [4.78, 5) is 0. The lowest BCUT2D eigenvalue weighted by atomic mass is 9.93. The van der Waals surface area contributed by atoms with Crippen molar-refractivity contribution in [1.82, 2.24) is 0 Å². The maximum Gasteiger partial charge on any atom is 0.00399 e. The van der Waals surface area contributed by atoms with E-state index in [0.717, 1.165) is 25.7 Å². The first kappa shape index (κ1) is 6.05. The first-order valence-corrected chi connectivity index (χ1v) is 3.30. The maximum absolute atomic E-state index is 5.64. The summed E-state index contributed by atoms with van der Waals surface area (Å²) in [6, 6.07) is 0.879. The van der Waals surface area contributed by atoms with Gasteiger partial charge in [-0.3, -0.25) is 0 Å². The van der Waals surface area contributed by atoms with Crippen molar-refractivity contribution in [3.63, 3.8) is 0 Å². The van der Waals surface area contributed by atoms with Crippen molar-refractivity contribution >= 4 is 0 Å². The topological polar surface area (TPSA) is 52.0 Å². The minimum atomic E-state index is 0. The standard InChI is InChI=1S/C6H14N2.2H2/c7-5-1-2-6(8)4-3-5;;/h5-6H,1-4,7-8H2;2*1H. The largest absolute Gasteiger partial charge is 0.328 e. The molecular weight excluding hydrogens is 100 g/mol. The van der Waals surface area contributed by atoms with Gasteiger partial charge >= 0.3 is 0 Å². The normalized spacial score (nSPS) is 39.8. The second kappa shape index (κ2) is 2.46. The summed E-state index contributed by atoms with van der Waals surface area (Å²) in [6.45, 7) is 0. The lowest BCUT2D eigenvalue weighted by Gasteiger charge is -2.22. The molecule has 0 atom stereocenters. The van der Waals surface area contributed by atoms with Crippen LogP contribution in [0.3, 0.4) is 0 Å². The Hall–Kier alpha value is -0.0800. The van der Waals surface area contributed by atoms with E-state index < -0.39 is 0 Å². The van der Waals surface area contributed by atoms with Gasteiger partial charge in [0.25, 0.3) is 0 Å². The van der Waals surface area contributed by atoms with Crippen molar-refractivity contribution in [2.45, 2.75) is 37.8 Å². The molecule has 0 unspecified atom stereocenters. The molecule has 1 saturated carbocycles. The summed E-state index contributed by atoms with van der Waals surface area (Å²) >= 11 is 0. The Morgan fingerprint density at radius 3 is 1.38 bits per heavy atom. The summed E-state index contributed by atoms with van der Waals surface area (Å²) in [6.07, 6.45) is 4.50. The van der Waals surface area contributed by atoms with E-state index in [1.165, 1.54) is 0 Å². The molecule has 2 nitrogen and oxygen atoms in total. The lowest BCUT2D eigenvalue weighted by Crippen LogP contribution is -2.33. The highest BCUT2D eigenvalue weighted by atomic mass is 14.7. The smallest absolute Gasteiger partial charge is 0.00399 e. The number of nitrogens with two attached hydrogens (primary N) is 2. The van der Waals surface area contributed by atoms with Crippen LogP contribution < -0.4 is 11.5 Å². The number of hydrogen-bond acceptors (Lipinski definition) is 2. The van der Waals surface area contributed by atoms with E-state index in [4.69, 9.17) is 11.5 Å². The van der Waals surface area contributed by atoms with Crippen molar-refractivity contribution in [2.75, 3.05) is 0 Å². The fourth-order valence-corrected chi connectivity index (χ4v) is 1.14. The van der Waals surface area contributed by atoms with Crippen molar-refractivity contribution in [2.24, 2.45) is 11.5 Å². The Bertz CT molecular complexity index is 62.1. The van der Waals surface area contributed by atoms with Gasteiger partial charge in [-0.1, -0.05) is 0 Å². The second-order valence-corrected chi connectivity index (χ2v) is 2.67. The van der Waals surface area contributed by atoms with Gasteiger partial charge in [-0.2, -0.15) is 0 Å². The molecule has 1 fully saturated rings. The lowest BCUT2D eigenvalue weighted by molar-refractivity contribution is 0.395. The van der Waals surface area contributed by atoms with E-state index in [-0.39, 0.29) is 2.85 Å². The third-order valence-electron chi connectivity index (χ3n) is 1.82. The van der Waals surface area contributed by atoms with Crippen LogP contribution in [0.1, 0.15) is 28.5 Å². The number of hydrogen-bond donors (Lipinski definition) is 2. The molecule has 0 aromatic heterocycles. The first-order chi connectivity index (χ1) is 3.79. The Morgan fingerprint density at radius 1 is 0.875 bits per heavy atom. The molecular formula is C6H18N2. The molecule has 2 heteroatoms. The molecule has 0 saturated heterocycles. The van der Waals surface area contributed by atoms with Crippen LogP contribution in [0.2, 0.25) is 0 Å². The van der Waals surface area contributed by atoms with E-state index in [2.05, 4.69) is 0 Å². The predicted molar refractivity (Wildman–Crippen MR) is 38.6 cm³/mol. The second-order valence-electron chi connectivity index (χ2n) is 2.67. The SMILES string of the molecule is NC1CCC(N)CC1.[HH].[HH]. The van der Waals surface area contributed by atoms with Gasteiger partial charge in [0.05, 0.1) is 0 Å². The molecule has 0 aliphatic heterocycles. The van der Waals surface area contributed by atoms with Gasteiger partial charge in [0.1, 0.15) is 0 Å². The van der Waals surface area contributed by atoms with Crippen LogP contribution >= 0.6 is 0 Å². The van der Waals surface area contributed by atoms with Gasteiger partial charge in [-0.05, 0) is 25.7 Å². The number of rotatable bonds is 0. The Balaban J connectivity index is 0. The highest BCUT2D eigenvalue weighted by Crippen LogP contribution is 2.14. The zero-order valence-corrected chi connectivity index (χ0v) is 5.14. The highest BCUT2D eigenvalue weighted by Gasteiger charge is 2.13. The first-order valence-electron chi connectivity index (χ1n) is 3.30. The van der Waals surface area contributed by atoms with E-state index in [9.17, 15) is 0 Å². The van der Waals surface area contributed by atoms with Gasteiger partial charge in [0, 0.05) is 14.9 Å². The molecule has 0 aromatic rings. The van der Waals surface area contributed by atoms with Crippen molar-refractivity contribution < 1.29 is 2.85 Å². The van der Waals surface area contributed by atoms with Crippen molar-refractivity contribution in [1.29, 1.82) is 0 Å². The molecule has 52 valence electrons. The molecule has 0 spiro atoms. The molecule has 0 radical (unpaired) electrons. The Kier molecular flexibility index (Phi) is 1.86. The molecule has 1 aliphatic carbocycles. The third kappa shape index (κ3) is 1.46. The van der Waals surface area contributed by atoms with Crippen LogP contribution in [0, 0.1) is 0 Å². The molecule has 0 heterocycles. The molecule has 1 rings (SSSR count). The molecule has 0 amide bonds. The predicted octanol–water partition coefficient (Wildman–Crippen LogP) is 0.707. The summed E-state index contributed by atoms with van der Waals surface area (Å²) < 4.78 is 0. The van der Waals surface area contributed by atoms with Crippen LogP contribution in [0.25, 0.3) is 0 Å². The molecule has 1 aliphatic rings. The molecule has 0 aromatic carbocycles. The minimum absolute atomic E-state index is 0. The average molecular weight is 118 g/mol. The van der Waals surface area contributed by atoms with Gasteiger partial charge in [0.2, 0.25) is 0 Å². The summed E-state index contributed by atoms with van der Waals surface area (Å²) in [5.74, 6) is 0. The third-order valence-corrected chi connectivity index (χ3v) is 1.82. The van der Waals surface area contributed by atoms with Gasteiger partial charge < -0.3 is 11.5 Å². The fraction of sp³-hybridized carbons (Fsp3) is 1.00. The van der Waals surface area contributed by atoms with E-state index >= 15 is 0 Å². The zero-order valence-electron chi connectivity index (χ0n) is 5.14. The van der Waals surface area contributed by atoms with Crippen molar-refractivity contribution in [3.05, 3.63) is 0 Å². The monoisotopic (exact) mass is 118 g/mol.